The van der Waals surface area contributed by atoms with Crippen molar-refractivity contribution >= 4 is 35.0 Å². The highest BCUT2D eigenvalue weighted by atomic mass is 35.5. The van der Waals surface area contributed by atoms with Crippen molar-refractivity contribution in [1.29, 1.82) is 0 Å². The minimum absolute atomic E-state index is 0.0145. The average Bonchev–Trinajstić information content (AvgIpc) is 2.74. The first-order valence-electron chi connectivity index (χ1n) is 9.72. The lowest BCUT2D eigenvalue weighted by Crippen LogP contribution is -2.47. The Kier molecular flexibility index (Phi) is 7.40. The molecule has 1 fully saturated rings. The molecule has 154 valence electrons. The van der Waals surface area contributed by atoms with Gasteiger partial charge in [0, 0.05) is 24.7 Å². The molecule has 0 bridgehead atoms. The van der Waals surface area contributed by atoms with Crippen LogP contribution in [0.15, 0.2) is 42.5 Å². The topological polar surface area (TPSA) is 58.6 Å². The van der Waals surface area contributed by atoms with Crippen LogP contribution in [0.3, 0.4) is 0 Å². The lowest BCUT2D eigenvalue weighted by Gasteiger charge is -2.32. The van der Waals surface area contributed by atoms with Crippen molar-refractivity contribution in [1.82, 2.24) is 10.2 Å². The Labute approximate surface area is 180 Å². The first-order valence-corrected chi connectivity index (χ1v) is 10.5. The number of amides is 2. The maximum atomic E-state index is 12.6. The molecule has 1 aliphatic rings. The van der Waals surface area contributed by atoms with Gasteiger partial charge < -0.3 is 15.0 Å². The number of nitrogens with zero attached hydrogens (tertiary/aromatic N) is 1. The number of nitrogens with one attached hydrogen (secondary N) is 1. The van der Waals surface area contributed by atoms with Gasteiger partial charge in [0.25, 0.3) is 11.8 Å². The smallest absolute Gasteiger partial charge is 0.258 e. The lowest BCUT2D eigenvalue weighted by molar-refractivity contribution is -0.124. The molecule has 0 atom stereocenters. The zero-order valence-electron chi connectivity index (χ0n) is 16.3. The van der Waals surface area contributed by atoms with E-state index in [9.17, 15) is 9.59 Å². The Morgan fingerprint density at radius 2 is 1.83 bits per heavy atom. The Morgan fingerprint density at radius 3 is 2.52 bits per heavy atom. The van der Waals surface area contributed by atoms with E-state index in [-0.39, 0.29) is 24.5 Å². The molecule has 2 amide bonds. The van der Waals surface area contributed by atoms with Crippen LogP contribution in [0.25, 0.3) is 0 Å². The molecule has 0 spiro atoms. The number of benzene rings is 2. The number of hydrogen-bond acceptors (Lipinski definition) is 3. The van der Waals surface area contributed by atoms with Crippen LogP contribution in [0.2, 0.25) is 10.0 Å². The fraction of sp³-hybridized carbons (Fsp3) is 0.364. The zero-order chi connectivity index (χ0) is 20.8. The molecule has 1 heterocycles. The SMILES string of the molecule is CCc1ccccc1OCC(=O)NC1CCN(C(=O)c2ccc(Cl)c(Cl)c2)CC1. The molecule has 7 heteroatoms. The zero-order valence-corrected chi connectivity index (χ0v) is 17.8. The maximum Gasteiger partial charge on any atom is 0.258 e. The molecule has 0 radical (unpaired) electrons. The molecule has 0 aromatic heterocycles. The summed E-state index contributed by atoms with van der Waals surface area (Å²) in [5.41, 5.74) is 1.60. The van der Waals surface area contributed by atoms with E-state index >= 15 is 0 Å². The van der Waals surface area contributed by atoms with E-state index in [1.165, 1.54) is 0 Å². The van der Waals surface area contributed by atoms with Crippen LogP contribution in [-0.2, 0) is 11.2 Å². The average molecular weight is 435 g/mol. The predicted octanol–water partition coefficient (Wildman–Crippen LogP) is 4.36. The molecule has 0 unspecified atom stereocenters. The summed E-state index contributed by atoms with van der Waals surface area (Å²) in [6.07, 6.45) is 2.25. The van der Waals surface area contributed by atoms with Crippen LogP contribution < -0.4 is 10.1 Å². The summed E-state index contributed by atoms with van der Waals surface area (Å²) in [5.74, 6) is 0.519. The number of para-hydroxylation sites is 1. The highest BCUT2D eigenvalue weighted by molar-refractivity contribution is 6.42. The summed E-state index contributed by atoms with van der Waals surface area (Å²) in [7, 11) is 0. The molecule has 3 rings (SSSR count). The number of likely N-dealkylation sites (tertiary alicyclic amines) is 1. The summed E-state index contributed by atoms with van der Waals surface area (Å²) in [6.45, 7) is 3.18. The van der Waals surface area contributed by atoms with Gasteiger partial charge >= 0.3 is 0 Å². The van der Waals surface area contributed by atoms with Crippen LogP contribution >= 0.6 is 23.2 Å². The number of aryl methyl sites for hydroxylation is 1. The van der Waals surface area contributed by atoms with E-state index in [0.29, 0.717) is 41.5 Å². The van der Waals surface area contributed by atoms with Gasteiger partial charge in [-0.2, -0.15) is 0 Å². The van der Waals surface area contributed by atoms with Gasteiger partial charge in [-0.25, -0.2) is 0 Å². The standard InChI is InChI=1S/C22H24Cl2N2O3/c1-2-15-5-3-4-6-20(15)29-14-21(27)25-17-9-11-26(12-10-17)22(28)16-7-8-18(23)19(24)13-16/h3-8,13,17H,2,9-12,14H2,1H3,(H,25,27). The second-order valence-corrected chi connectivity index (χ2v) is 7.83. The van der Waals surface area contributed by atoms with Gasteiger partial charge in [-0.05, 0) is 49.1 Å². The van der Waals surface area contributed by atoms with E-state index in [0.717, 1.165) is 17.7 Å². The molecular weight excluding hydrogens is 411 g/mol. The summed E-state index contributed by atoms with van der Waals surface area (Å²) < 4.78 is 5.67. The minimum Gasteiger partial charge on any atom is -0.483 e. The molecule has 2 aromatic carbocycles. The number of carbonyl (C=O) groups excluding carboxylic acids is 2. The first-order chi connectivity index (χ1) is 14.0. The van der Waals surface area contributed by atoms with Crippen LogP contribution in [0.5, 0.6) is 5.75 Å². The third kappa shape index (κ3) is 5.64. The Morgan fingerprint density at radius 1 is 1.10 bits per heavy atom. The van der Waals surface area contributed by atoms with Gasteiger partial charge in [0.1, 0.15) is 5.75 Å². The van der Waals surface area contributed by atoms with Crippen molar-refractivity contribution in [2.24, 2.45) is 0 Å². The second-order valence-electron chi connectivity index (χ2n) is 7.01. The monoisotopic (exact) mass is 434 g/mol. The maximum absolute atomic E-state index is 12.6. The van der Waals surface area contributed by atoms with Crippen LogP contribution in [0.1, 0.15) is 35.7 Å². The van der Waals surface area contributed by atoms with Gasteiger partial charge in [0.05, 0.1) is 10.0 Å². The molecule has 1 aliphatic heterocycles. The van der Waals surface area contributed by atoms with Gasteiger partial charge in [-0.3, -0.25) is 9.59 Å². The fourth-order valence-electron chi connectivity index (χ4n) is 3.39. The number of ether oxygens (including phenoxy) is 1. The number of hydrogen-bond donors (Lipinski definition) is 1. The van der Waals surface area contributed by atoms with E-state index in [1.54, 1.807) is 23.1 Å². The molecular formula is C22H24Cl2N2O3. The number of rotatable bonds is 6. The van der Waals surface area contributed by atoms with Crippen molar-refractivity contribution in [3.05, 3.63) is 63.6 Å². The molecule has 1 N–H and O–H groups in total. The fourth-order valence-corrected chi connectivity index (χ4v) is 3.69. The van der Waals surface area contributed by atoms with Gasteiger partial charge in [-0.1, -0.05) is 48.3 Å². The number of piperidine rings is 1. The van der Waals surface area contributed by atoms with Crippen molar-refractivity contribution < 1.29 is 14.3 Å². The molecule has 1 saturated heterocycles. The van der Waals surface area contributed by atoms with Crippen molar-refractivity contribution in [3.63, 3.8) is 0 Å². The molecule has 29 heavy (non-hydrogen) atoms. The summed E-state index contributed by atoms with van der Waals surface area (Å²) in [5, 5.41) is 3.79. The van der Waals surface area contributed by atoms with Crippen LogP contribution in [-0.4, -0.2) is 42.5 Å². The normalized spacial score (nSPS) is 14.5. The summed E-state index contributed by atoms with van der Waals surface area (Å²) in [4.78, 5) is 26.6. The largest absolute Gasteiger partial charge is 0.483 e. The molecule has 2 aromatic rings. The quantitative estimate of drug-likeness (QED) is 0.734. The van der Waals surface area contributed by atoms with Crippen molar-refractivity contribution in [2.75, 3.05) is 19.7 Å². The third-order valence-corrected chi connectivity index (χ3v) is 5.77. The first kappa shape index (κ1) is 21.5. The lowest BCUT2D eigenvalue weighted by atomic mass is 10.0. The van der Waals surface area contributed by atoms with Crippen molar-refractivity contribution in [3.8, 4) is 5.75 Å². The van der Waals surface area contributed by atoms with E-state index in [1.807, 2.05) is 24.3 Å². The summed E-state index contributed by atoms with van der Waals surface area (Å²) in [6, 6.07) is 12.6. The molecule has 5 nitrogen and oxygen atoms in total. The van der Waals surface area contributed by atoms with Crippen molar-refractivity contribution in [2.45, 2.75) is 32.2 Å². The Hall–Kier alpha value is -2.24. The Bertz CT molecular complexity index is 880. The third-order valence-electron chi connectivity index (χ3n) is 5.03. The molecule has 0 saturated carbocycles. The highest BCUT2D eigenvalue weighted by Gasteiger charge is 2.25. The van der Waals surface area contributed by atoms with Gasteiger partial charge in [-0.15, -0.1) is 0 Å². The van der Waals surface area contributed by atoms with Crippen LogP contribution in [0, 0.1) is 0 Å². The number of carbonyl (C=O) groups is 2. The van der Waals surface area contributed by atoms with Gasteiger partial charge in [0.15, 0.2) is 6.61 Å². The van der Waals surface area contributed by atoms with E-state index in [4.69, 9.17) is 27.9 Å². The number of halogens is 2. The van der Waals surface area contributed by atoms with E-state index in [2.05, 4.69) is 12.2 Å². The summed E-state index contributed by atoms with van der Waals surface area (Å²) >= 11 is 11.9. The predicted molar refractivity (Wildman–Crippen MR) is 115 cm³/mol. The highest BCUT2D eigenvalue weighted by Crippen LogP contribution is 2.24. The van der Waals surface area contributed by atoms with Crippen LogP contribution in [0.4, 0.5) is 0 Å². The molecule has 0 aliphatic carbocycles. The Balaban J connectivity index is 1.46. The second kappa shape index (κ2) is 9.99. The van der Waals surface area contributed by atoms with Gasteiger partial charge in [0.2, 0.25) is 0 Å². The van der Waals surface area contributed by atoms with E-state index < -0.39 is 0 Å². The minimum atomic E-state index is -0.148.